The zero-order chi connectivity index (χ0) is 12.9. The summed E-state index contributed by atoms with van der Waals surface area (Å²) in [6, 6.07) is 0.375. The molecular weight excluding hydrogens is 228 g/mol. The molecule has 3 rings (SSSR count). The van der Waals surface area contributed by atoms with Gasteiger partial charge in [-0.2, -0.15) is 0 Å². The molecule has 1 saturated heterocycles. The fourth-order valence-electron chi connectivity index (χ4n) is 4.78. The highest BCUT2D eigenvalue weighted by molar-refractivity contribution is 5.00. The number of likely N-dealkylation sites (tertiary alicyclic amines) is 1. The molecule has 2 saturated carbocycles. The van der Waals surface area contributed by atoms with Crippen molar-refractivity contribution in [1.82, 2.24) is 4.90 Å². The summed E-state index contributed by atoms with van der Waals surface area (Å²) in [6.45, 7) is 6.96. The summed E-state index contributed by atoms with van der Waals surface area (Å²) >= 11 is 0. The van der Waals surface area contributed by atoms with Crippen LogP contribution in [0.5, 0.6) is 0 Å². The summed E-state index contributed by atoms with van der Waals surface area (Å²) in [5.41, 5.74) is 0. The van der Waals surface area contributed by atoms with E-state index in [1.54, 1.807) is 0 Å². The molecule has 0 amide bonds. The first-order valence-corrected chi connectivity index (χ1v) is 7.43. The predicted octanol–water partition coefficient (Wildman–Crippen LogP) is 2.41. The Balaban J connectivity index is 1.73. The molecule has 1 aliphatic heterocycles. The highest BCUT2D eigenvalue weighted by Gasteiger charge is 2.51. The van der Waals surface area contributed by atoms with Crippen LogP contribution in [0.15, 0.2) is 0 Å². The van der Waals surface area contributed by atoms with E-state index in [0.29, 0.717) is 12.0 Å². The van der Waals surface area contributed by atoms with Gasteiger partial charge < -0.3 is 4.90 Å². The van der Waals surface area contributed by atoms with Gasteiger partial charge in [-0.3, -0.25) is 10.1 Å². The van der Waals surface area contributed by atoms with Gasteiger partial charge in [0.25, 0.3) is 0 Å². The van der Waals surface area contributed by atoms with Gasteiger partial charge in [-0.25, -0.2) is 0 Å². The normalized spacial score (nSPS) is 44.1. The lowest BCUT2D eigenvalue weighted by molar-refractivity contribution is -0.529. The molecule has 0 aromatic carbocycles. The molecule has 2 bridgehead atoms. The maximum atomic E-state index is 11.0. The Morgan fingerprint density at radius 2 is 1.78 bits per heavy atom. The molecule has 1 heterocycles. The molecule has 0 aromatic rings. The molecule has 5 unspecified atom stereocenters. The quantitative estimate of drug-likeness (QED) is 0.560. The average Bonchev–Trinajstić information content (AvgIpc) is 2.60. The second-order valence-corrected chi connectivity index (χ2v) is 6.88. The molecule has 4 nitrogen and oxygen atoms in total. The second-order valence-electron chi connectivity index (χ2n) is 6.88. The van der Waals surface area contributed by atoms with Gasteiger partial charge in [-0.15, -0.1) is 0 Å². The number of nitrogens with zero attached hydrogens (tertiary/aromatic N) is 2. The fraction of sp³-hybridized carbons (Fsp3) is 1.00. The maximum Gasteiger partial charge on any atom is 0.213 e. The molecule has 2 aliphatic carbocycles. The van der Waals surface area contributed by atoms with E-state index in [9.17, 15) is 10.1 Å². The summed E-state index contributed by atoms with van der Waals surface area (Å²) < 4.78 is 0. The number of piperidine rings is 1. The van der Waals surface area contributed by atoms with E-state index < -0.39 is 0 Å². The van der Waals surface area contributed by atoms with Crippen LogP contribution < -0.4 is 0 Å². The monoisotopic (exact) mass is 252 g/mol. The minimum absolute atomic E-state index is 0.0291. The van der Waals surface area contributed by atoms with Crippen molar-refractivity contribution >= 4 is 0 Å². The summed E-state index contributed by atoms with van der Waals surface area (Å²) in [4.78, 5) is 13.6. The number of hydrogen-bond acceptors (Lipinski definition) is 3. The molecule has 3 fully saturated rings. The largest absolute Gasteiger partial charge is 0.300 e. The van der Waals surface area contributed by atoms with Crippen LogP contribution in [0.3, 0.4) is 0 Å². The highest BCUT2D eigenvalue weighted by Crippen LogP contribution is 2.52. The fourth-order valence-corrected chi connectivity index (χ4v) is 4.78. The molecule has 102 valence electrons. The molecule has 4 heteroatoms. The summed E-state index contributed by atoms with van der Waals surface area (Å²) in [5, 5.41) is 11.0. The predicted molar refractivity (Wildman–Crippen MR) is 69.9 cm³/mol. The molecular formula is C14H24N2O2. The lowest BCUT2D eigenvalue weighted by Gasteiger charge is -2.35. The first-order chi connectivity index (χ1) is 8.56. The topological polar surface area (TPSA) is 46.4 Å². The Kier molecular flexibility index (Phi) is 3.08. The van der Waals surface area contributed by atoms with Crippen LogP contribution in [-0.4, -0.2) is 35.0 Å². The number of hydrogen-bond donors (Lipinski definition) is 0. The van der Waals surface area contributed by atoms with Crippen molar-refractivity contribution in [1.29, 1.82) is 0 Å². The third-order valence-corrected chi connectivity index (χ3v) is 5.71. The third-order valence-electron chi connectivity index (χ3n) is 5.71. The Labute approximate surface area is 109 Å². The third kappa shape index (κ3) is 1.94. The van der Waals surface area contributed by atoms with Gasteiger partial charge in [0.15, 0.2) is 0 Å². The lowest BCUT2D eigenvalue weighted by atomic mass is 9.74. The van der Waals surface area contributed by atoms with E-state index in [1.807, 2.05) is 0 Å². The van der Waals surface area contributed by atoms with E-state index in [4.69, 9.17) is 0 Å². The summed E-state index contributed by atoms with van der Waals surface area (Å²) in [6.07, 6.45) is 4.11. The average molecular weight is 252 g/mol. The highest BCUT2D eigenvalue weighted by atomic mass is 16.6. The molecule has 0 N–H and O–H groups in total. The van der Waals surface area contributed by atoms with Crippen molar-refractivity contribution in [2.75, 3.05) is 13.1 Å². The van der Waals surface area contributed by atoms with Gasteiger partial charge in [0.2, 0.25) is 6.04 Å². The Bertz CT molecular complexity index is 345. The minimum atomic E-state index is -0.252. The number of rotatable bonds is 2. The number of fused-ring (bicyclic) bond motifs is 5. The van der Waals surface area contributed by atoms with E-state index in [-0.39, 0.29) is 11.0 Å². The van der Waals surface area contributed by atoms with Crippen molar-refractivity contribution in [2.24, 2.45) is 23.7 Å². The Morgan fingerprint density at radius 3 is 2.39 bits per heavy atom. The Hall–Kier alpha value is -0.640. The summed E-state index contributed by atoms with van der Waals surface area (Å²) in [7, 11) is 0. The van der Waals surface area contributed by atoms with E-state index >= 15 is 0 Å². The van der Waals surface area contributed by atoms with E-state index in [2.05, 4.69) is 18.7 Å². The zero-order valence-electron chi connectivity index (χ0n) is 11.4. The van der Waals surface area contributed by atoms with E-state index in [0.717, 1.165) is 37.0 Å². The lowest BCUT2D eigenvalue weighted by Crippen LogP contribution is -2.41. The molecule has 0 aromatic heterocycles. The van der Waals surface area contributed by atoms with Gasteiger partial charge in [-0.05, 0) is 50.4 Å². The van der Waals surface area contributed by atoms with Gasteiger partial charge in [0, 0.05) is 36.9 Å². The standard InChI is InChI=1S/C14H24N2O2/c1-9(2)15-7-10-5-11(8-15)14-6-12(16(17)18)3-4-13(10)14/h9-14H,3-8H2,1-2H3. The first-order valence-electron chi connectivity index (χ1n) is 7.43. The van der Waals surface area contributed by atoms with E-state index in [1.165, 1.54) is 19.5 Å². The zero-order valence-corrected chi connectivity index (χ0v) is 11.4. The van der Waals surface area contributed by atoms with Crippen LogP contribution in [0.1, 0.15) is 39.5 Å². The van der Waals surface area contributed by atoms with Gasteiger partial charge in [0.1, 0.15) is 0 Å². The Morgan fingerprint density at radius 1 is 1.11 bits per heavy atom. The van der Waals surface area contributed by atoms with Crippen LogP contribution in [0.4, 0.5) is 0 Å². The molecule has 0 spiro atoms. The van der Waals surface area contributed by atoms with Crippen LogP contribution in [-0.2, 0) is 0 Å². The molecule has 0 radical (unpaired) electrons. The van der Waals surface area contributed by atoms with Crippen LogP contribution >= 0.6 is 0 Å². The molecule has 18 heavy (non-hydrogen) atoms. The van der Waals surface area contributed by atoms with Crippen LogP contribution in [0, 0.1) is 33.8 Å². The van der Waals surface area contributed by atoms with Crippen molar-refractivity contribution < 1.29 is 4.92 Å². The van der Waals surface area contributed by atoms with Crippen molar-refractivity contribution in [2.45, 2.75) is 51.6 Å². The molecule has 3 aliphatic rings. The summed E-state index contributed by atoms with van der Waals surface area (Å²) in [5.74, 6) is 2.99. The van der Waals surface area contributed by atoms with Crippen LogP contribution in [0.2, 0.25) is 0 Å². The number of nitro groups is 1. The van der Waals surface area contributed by atoms with Crippen molar-refractivity contribution in [3.05, 3.63) is 10.1 Å². The van der Waals surface area contributed by atoms with Gasteiger partial charge in [0.05, 0.1) is 0 Å². The van der Waals surface area contributed by atoms with Crippen molar-refractivity contribution in [3.8, 4) is 0 Å². The maximum absolute atomic E-state index is 11.0. The minimum Gasteiger partial charge on any atom is -0.300 e. The molecule has 5 atom stereocenters. The SMILES string of the molecule is CC(C)N1CC2CC(C1)C1CC([N+](=O)[O-])CCC21. The van der Waals surface area contributed by atoms with Gasteiger partial charge >= 0.3 is 0 Å². The smallest absolute Gasteiger partial charge is 0.213 e. The van der Waals surface area contributed by atoms with Crippen molar-refractivity contribution in [3.63, 3.8) is 0 Å². The van der Waals surface area contributed by atoms with Gasteiger partial charge in [-0.1, -0.05) is 0 Å². The van der Waals surface area contributed by atoms with Crippen LogP contribution in [0.25, 0.3) is 0 Å². The first kappa shape index (κ1) is 12.4. The second kappa shape index (κ2) is 4.48.